The quantitative estimate of drug-likeness (QED) is 0.782. The molecule has 3 nitrogen and oxygen atoms in total. The van der Waals surface area contributed by atoms with Crippen LogP contribution >= 0.6 is 0 Å². The van der Waals surface area contributed by atoms with Crippen molar-refractivity contribution in [1.29, 1.82) is 0 Å². The van der Waals surface area contributed by atoms with Gasteiger partial charge in [-0.1, -0.05) is 13.0 Å². The number of benzene rings is 1. The summed E-state index contributed by atoms with van der Waals surface area (Å²) in [6.07, 6.45) is 1.12. The minimum absolute atomic E-state index is 0.209. The fraction of sp³-hybridized carbons (Fsp3) is 0.600. The Labute approximate surface area is 116 Å². The monoisotopic (exact) mass is 267 g/mol. The van der Waals surface area contributed by atoms with Crippen molar-refractivity contribution >= 4 is 0 Å². The van der Waals surface area contributed by atoms with Crippen molar-refractivity contribution in [2.45, 2.75) is 26.4 Å². The number of rotatable bonds is 8. The molecule has 108 valence electrons. The molecule has 4 heteroatoms. The summed E-state index contributed by atoms with van der Waals surface area (Å²) in [5.41, 5.74) is 7.74. The van der Waals surface area contributed by atoms with Crippen LogP contribution in [-0.2, 0) is 13.1 Å². The molecule has 0 atom stereocenters. The highest BCUT2D eigenvalue weighted by molar-refractivity contribution is 5.27. The van der Waals surface area contributed by atoms with Gasteiger partial charge in [0.25, 0.3) is 0 Å². The van der Waals surface area contributed by atoms with Gasteiger partial charge in [0.1, 0.15) is 5.82 Å². The molecule has 1 aromatic rings. The lowest BCUT2D eigenvalue weighted by molar-refractivity contribution is 0.233. The van der Waals surface area contributed by atoms with Crippen molar-refractivity contribution in [1.82, 2.24) is 9.80 Å². The van der Waals surface area contributed by atoms with Crippen LogP contribution in [0.2, 0.25) is 0 Å². The Morgan fingerprint density at radius 1 is 1.11 bits per heavy atom. The Balaban J connectivity index is 2.72. The van der Waals surface area contributed by atoms with E-state index in [2.05, 4.69) is 30.8 Å². The van der Waals surface area contributed by atoms with Crippen LogP contribution in [0, 0.1) is 5.82 Å². The van der Waals surface area contributed by atoms with Gasteiger partial charge >= 0.3 is 0 Å². The summed E-state index contributed by atoms with van der Waals surface area (Å²) in [5, 5.41) is 0. The van der Waals surface area contributed by atoms with Crippen LogP contribution in [0.1, 0.15) is 24.5 Å². The maximum absolute atomic E-state index is 13.2. The van der Waals surface area contributed by atoms with E-state index in [-0.39, 0.29) is 5.82 Å². The normalized spacial score (nSPS) is 11.5. The molecule has 0 spiro atoms. The second kappa shape index (κ2) is 8.25. The third-order valence-corrected chi connectivity index (χ3v) is 3.19. The van der Waals surface area contributed by atoms with Crippen LogP contribution in [0.25, 0.3) is 0 Å². The highest BCUT2D eigenvalue weighted by Gasteiger charge is 2.09. The first-order valence-corrected chi connectivity index (χ1v) is 6.91. The first-order chi connectivity index (χ1) is 9.06. The fourth-order valence-corrected chi connectivity index (χ4v) is 2.11. The van der Waals surface area contributed by atoms with E-state index in [9.17, 15) is 4.39 Å². The molecule has 19 heavy (non-hydrogen) atoms. The Morgan fingerprint density at radius 3 is 2.42 bits per heavy atom. The molecule has 0 aliphatic rings. The van der Waals surface area contributed by atoms with Gasteiger partial charge in [-0.05, 0) is 50.3 Å². The lowest BCUT2D eigenvalue weighted by Gasteiger charge is -2.24. The van der Waals surface area contributed by atoms with Crippen LogP contribution in [0.3, 0.4) is 0 Å². The summed E-state index contributed by atoms with van der Waals surface area (Å²) in [6.45, 7) is 6.50. The van der Waals surface area contributed by atoms with E-state index in [1.54, 1.807) is 6.07 Å². The molecule has 2 N–H and O–H groups in total. The molecule has 0 saturated heterocycles. The van der Waals surface area contributed by atoms with E-state index in [1.165, 1.54) is 6.07 Å². The van der Waals surface area contributed by atoms with Gasteiger partial charge in [0.05, 0.1) is 0 Å². The van der Waals surface area contributed by atoms with Crippen molar-refractivity contribution in [2.24, 2.45) is 5.73 Å². The molecule has 0 bridgehead atoms. The molecule has 0 heterocycles. The molecule has 0 unspecified atom stereocenters. The maximum atomic E-state index is 13.2. The summed E-state index contributed by atoms with van der Waals surface area (Å²) in [4.78, 5) is 4.57. The largest absolute Gasteiger partial charge is 0.326 e. The first-order valence-electron chi connectivity index (χ1n) is 6.91. The lowest BCUT2D eigenvalue weighted by atomic mass is 10.1. The summed E-state index contributed by atoms with van der Waals surface area (Å²) in [6, 6.07) is 4.92. The molecule has 1 aromatic carbocycles. The Bertz CT molecular complexity index is 380. The Hall–Kier alpha value is -0.970. The predicted octanol–water partition coefficient (Wildman–Crippen LogP) is 2.06. The third kappa shape index (κ3) is 5.68. The van der Waals surface area contributed by atoms with Crippen LogP contribution in [0.4, 0.5) is 4.39 Å². The topological polar surface area (TPSA) is 32.5 Å². The number of hydrogen-bond acceptors (Lipinski definition) is 3. The van der Waals surface area contributed by atoms with E-state index < -0.39 is 0 Å². The smallest absolute Gasteiger partial charge is 0.123 e. The Morgan fingerprint density at radius 2 is 1.84 bits per heavy atom. The summed E-state index contributed by atoms with van der Waals surface area (Å²) in [5.74, 6) is -0.209. The Kier molecular flexibility index (Phi) is 6.99. The highest BCUT2D eigenvalue weighted by atomic mass is 19.1. The zero-order chi connectivity index (χ0) is 14.3. The predicted molar refractivity (Wildman–Crippen MR) is 78.4 cm³/mol. The van der Waals surface area contributed by atoms with Gasteiger partial charge in [-0.15, -0.1) is 0 Å². The molecular weight excluding hydrogens is 241 g/mol. The number of halogens is 1. The number of likely N-dealkylation sites (N-methyl/N-ethyl adjacent to an activating group) is 1. The van der Waals surface area contributed by atoms with Crippen molar-refractivity contribution < 1.29 is 4.39 Å². The second-order valence-corrected chi connectivity index (χ2v) is 5.20. The van der Waals surface area contributed by atoms with Crippen LogP contribution in [-0.4, -0.2) is 43.5 Å². The number of nitrogens with zero attached hydrogens (tertiary/aromatic N) is 2. The average Bonchev–Trinajstić information content (AvgIpc) is 2.38. The van der Waals surface area contributed by atoms with E-state index >= 15 is 0 Å². The van der Waals surface area contributed by atoms with Gasteiger partial charge in [-0.3, -0.25) is 4.90 Å². The molecular formula is C15H26FN3. The summed E-state index contributed by atoms with van der Waals surface area (Å²) < 4.78 is 13.2. The minimum atomic E-state index is -0.209. The van der Waals surface area contributed by atoms with Crippen molar-refractivity contribution in [3.63, 3.8) is 0 Å². The van der Waals surface area contributed by atoms with Crippen LogP contribution in [0.5, 0.6) is 0 Å². The molecule has 0 amide bonds. The average molecular weight is 267 g/mol. The van der Waals surface area contributed by atoms with Gasteiger partial charge in [-0.25, -0.2) is 4.39 Å². The molecule has 0 aliphatic carbocycles. The zero-order valence-electron chi connectivity index (χ0n) is 12.3. The second-order valence-electron chi connectivity index (χ2n) is 5.20. The van der Waals surface area contributed by atoms with Crippen molar-refractivity contribution in [3.05, 3.63) is 35.1 Å². The molecule has 0 aromatic heterocycles. The standard InChI is InChI=1S/C15H26FN3/c1-4-7-19(9-8-18(2)3)12-13-5-6-15(16)10-14(13)11-17/h5-6,10H,4,7-9,11-12,17H2,1-3H3. The van der Waals surface area contributed by atoms with E-state index in [1.807, 2.05) is 6.07 Å². The molecule has 1 rings (SSSR count). The van der Waals surface area contributed by atoms with Crippen LogP contribution < -0.4 is 5.73 Å². The summed E-state index contributed by atoms with van der Waals surface area (Å²) in [7, 11) is 4.15. The van der Waals surface area contributed by atoms with Gasteiger partial charge in [0, 0.05) is 26.2 Å². The van der Waals surface area contributed by atoms with Crippen molar-refractivity contribution in [3.8, 4) is 0 Å². The number of hydrogen-bond donors (Lipinski definition) is 1. The molecule has 0 radical (unpaired) electrons. The van der Waals surface area contributed by atoms with Crippen molar-refractivity contribution in [2.75, 3.05) is 33.7 Å². The third-order valence-electron chi connectivity index (χ3n) is 3.19. The fourth-order valence-electron chi connectivity index (χ4n) is 2.11. The van der Waals surface area contributed by atoms with Gasteiger partial charge in [-0.2, -0.15) is 0 Å². The number of nitrogens with two attached hydrogens (primary N) is 1. The zero-order valence-corrected chi connectivity index (χ0v) is 12.3. The molecule has 0 saturated carbocycles. The first kappa shape index (κ1) is 16.1. The van der Waals surface area contributed by atoms with Gasteiger partial charge < -0.3 is 10.6 Å². The van der Waals surface area contributed by atoms with E-state index in [0.29, 0.717) is 6.54 Å². The van der Waals surface area contributed by atoms with Gasteiger partial charge in [0.2, 0.25) is 0 Å². The highest BCUT2D eigenvalue weighted by Crippen LogP contribution is 2.13. The van der Waals surface area contributed by atoms with E-state index in [4.69, 9.17) is 5.73 Å². The molecule has 0 aliphatic heterocycles. The lowest BCUT2D eigenvalue weighted by Crippen LogP contribution is -2.32. The maximum Gasteiger partial charge on any atom is 0.123 e. The van der Waals surface area contributed by atoms with Gasteiger partial charge in [0.15, 0.2) is 0 Å². The van der Waals surface area contributed by atoms with Crippen LogP contribution in [0.15, 0.2) is 18.2 Å². The molecule has 0 fully saturated rings. The SMILES string of the molecule is CCCN(CCN(C)C)Cc1ccc(F)cc1CN. The minimum Gasteiger partial charge on any atom is -0.326 e. The van der Waals surface area contributed by atoms with E-state index in [0.717, 1.165) is 43.7 Å². The summed E-state index contributed by atoms with van der Waals surface area (Å²) >= 11 is 0.